The number of hydrazine groups is 1. The molecule has 0 heterocycles. The second-order valence-electron chi connectivity index (χ2n) is 3.86. The van der Waals surface area contributed by atoms with Gasteiger partial charge in [-0.3, -0.25) is 5.43 Å². The van der Waals surface area contributed by atoms with Crippen LogP contribution in [0.25, 0.3) is 0 Å². The smallest absolute Gasteiger partial charge is 0.0824 e. The van der Waals surface area contributed by atoms with Gasteiger partial charge < -0.3 is 5.43 Å². The van der Waals surface area contributed by atoms with Crippen LogP contribution < -0.4 is 10.9 Å². The lowest BCUT2D eigenvalue weighted by molar-refractivity contribution is 1.37. The van der Waals surface area contributed by atoms with E-state index in [0.717, 1.165) is 24.8 Å². The highest BCUT2D eigenvalue weighted by Crippen LogP contribution is 2.34. The molecule has 18 heavy (non-hydrogen) atoms. The summed E-state index contributed by atoms with van der Waals surface area (Å²) in [6.07, 6.45) is 0. The molecular formula is C13H11Br3N2. The van der Waals surface area contributed by atoms with Crippen molar-refractivity contribution in [3.8, 4) is 0 Å². The van der Waals surface area contributed by atoms with Crippen LogP contribution in [0.3, 0.4) is 0 Å². The first-order valence-corrected chi connectivity index (χ1v) is 7.67. The molecule has 2 aromatic carbocycles. The van der Waals surface area contributed by atoms with Crippen LogP contribution in [0.15, 0.2) is 49.8 Å². The maximum Gasteiger partial charge on any atom is 0.0824 e. The van der Waals surface area contributed by atoms with Crippen molar-refractivity contribution in [3.05, 3.63) is 55.4 Å². The summed E-state index contributed by atoms with van der Waals surface area (Å²) in [4.78, 5) is 0. The summed E-state index contributed by atoms with van der Waals surface area (Å²) in [5.74, 6) is 0. The zero-order valence-electron chi connectivity index (χ0n) is 9.60. The average molecular weight is 435 g/mol. The van der Waals surface area contributed by atoms with Crippen LogP contribution in [0.4, 0.5) is 11.4 Å². The first-order chi connectivity index (χ1) is 8.56. The van der Waals surface area contributed by atoms with Gasteiger partial charge in [-0.2, -0.15) is 0 Å². The molecular weight excluding hydrogens is 424 g/mol. The molecule has 0 saturated carbocycles. The Morgan fingerprint density at radius 2 is 1.39 bits per heavy atom. The van der Waals surface area contributed by atoms with Gasteiger partial charge in [0.05, 0.1) is 11.4 Å². The van der Waals surface area contributed by atoms with E-state index in [1.54, 1.807) is 0 Å². The van der Waals surface area contributed by atoms with E-state index in [0.29, 0.717) is 0 Å². The minimum Gasteiger partial charge on any atom is -0.301 e. The number of benzene rings is 2. The van der Waals surface area contributed by atoms with Crippen molar-refractivity contribution in [1.82, 2.24) is 0 Å². The molecule has 2 rings (SSSR count). The predicted molar refractivity (Wildman–Crippen MR) is 88.0 cm³/mol. The molecule has 0 aliphatic carbocycles. The highest BCUT2D eigenvalue weighted by atomic mass is 79.9. The number of aryl methyl sites for hydroxylation is 1. The second kappa shape index (κ2) is 6.08. The summed E-state index contributed by atoms with van der Waals surface area (Å²) in [6, 6.07) is 12.2. The van der Waals surface area contributed by atoms with Crippen LogP contribution >= 0.6 is 47.8 Å². The van der Waals surface area contributed by atoms with Gasteiger partial charge in [-0.15, -0.1) is 0 Å². The number of rotatable bonds is 3. The number of halogens is 3. The van der Waals surface area contributed by atoms with E-state index in [9.17, 15) is 0 Å². The summed E-state index contributed by atoms with van der Waals surface area (Å²) < 4.78 is 2.97. The van der Waals surface area contributed by atoms with E-state index in [1.807, 2.05) is 24.3 Å². The molecule has 2 aromatic rings. The Morgan fingerprint density at radius 3 is 1.94 bits per heavy atom. The highest BCUT2D eigenvalue weighted by molar-refractivity contribution is 9.11. The van der Waals surface area contributed by atoms with E-state index in [1.165, 1.54) is 5.56 Å². The number of anilines is 2. The quantitative estimate of drug-likeness (QED) is 0.603. The Hall–Kier alpha value is -0.520. The molecule has 0 unspecified atom stereocenters. The van der Waals surface area contributed by atoms with Gasteiger partial charge in [-0.25, -0.2) is 0 Å². The van der Waals surface area contributed by atoms with Gasteiger partial charge in [-0.1, -0.05) is 33.6 Å². The molecule has 2 N–H and O–H groups in total. The van der Waals surface area contributed by atoms with Crippen LogP contribution in [0, 0.1) is 6.92 Å². The Labute approximate surface area is 132 Å². The zero-order valence-corrected chi connectivity index (χ0v) is 14.4. The molecule has 94 valence electrons. The van der Waals surface area contributed by atoms with E-state index in [-0.39, 0.29) is 0 Å². The molecule has 0 aliphatic rings. The van der Waals surface area contributed by atoms with E-state index in [2.05, 4.69) is 77.7 Å². The normalized spacial score (nSPS) is 10.2. The monoisotopic (exact) mass is 432 g/mol. The third-order valence-corrected chi connectivity index (χ3v) is 4.10. The van der Waals surface area contributed by atoms with Crippen molar-refractivity contribution in [2.24, 2.45) is 0 Å². The summed E-state index contributed by atoms with van der Waals surface area (Å²) in [6.45, 7) is 2.07. The number of hydrogen-bond donors (Lipinski definition) is 2. The zero-order chi connectivity index (χ0) is 13.1. The lowest BCUT2D eigenvalue weighted by atomic mass is 10.2. The second-order valence-corrected chi connectivity index (χ2v) is 6.48. The molecule has 0 spiro atoms. The van der Waals surface area contributed by atoms with Crippen molar-refractivity contribution in [2.75, 3.05) is 10.9 Å². The molecule has 0 radical (unpaired) electrons. The molecule has 0 bridgehead atoms. The molecule has 0 aliphatic heterocycles. The SMILES string of the molecule is Cc1ccc(NNc2c(Br)cc(Br)cc2Br)cc1. The van der Waals surface area contributed by atoms with Crippen molar-refractivity contribution in [1.29, 1.82) is 0 Å². The van der Waals surface area contributed by atoms with Gasteiger partial charge in [0, 0.05) is 13.4 Å². The Bertz CT molecular complexity index is 530. The molecule has 0 saturated heterocycles. The van der Waals surface area contributed by atoms with Gasteiger partial charge in [0.2, 0.25) is 0 Å². The maximum atomic E-state index is 3.52. The first-order valence-electron chi connectivity index (χ1n) is 5.29. The number of hydrogen-bond acceptors (Lipinski definition) is 2. The topological polar surface area (TPSA) is 24.1 Å². The van der Waals surface area contributed by atoms with Gasteiger partial charge in [0.15, 0.2) is 0 Å². The van der Waals surface area contributed by atoms with Gasteiger partial charge in [-0.05, 0) is 63.0 Å². The fourth-order valence-electron chi connectivity index (χ4n) is 1.43. The van der Waals surface area contributed by atoms with Crippen LogP contribution in [0.2, 0.25) is 0 Å². The van der Waals surface area contributed by atoms with Crippen molar-refractivity contribution in [2.45, 2.75) is 6.92 Å². The van der Waals surface area contributed by atoms with Crippen LogP contribution in [0.5, 0.6) is 0 Å². The molecule has 0 aromatic heterocycles. The summed E-state index contributed by atoms with van der Waals surface area (Å²) >= 11 is 10.5. The fraction of sp³-hybridized carbons (Fsp3) is 0.0769. The van der Waals surface area contributed by atoms with Gasteiger partial charge in [0.25, 0.3) is 0 Å². The summed E-state index contributed by atoms with van der Waals surface area (Å²) in [5.41, 5.74) is 9.56. The van der Waals surface area contributed by atoms with Crippen LogP contribution in [-0.2, 0) is 0 Å². The molecule has 2 nitrogen and oxygen atoms in total. The largest absolute Gasteiger partial charge is 0.301 e. The lowest BCUT2D eigenvalue weighted by Gasteiger charge is -2.13. The summed E-state index contributed by atoms with van der Waals surface area (Å²) in [5, 5.41) is 0. The minimum atomic E-state index is 0.957. The Morgan fingerprint density at radius 1 is 0.833 bits per heavy atom. The summed E-state index contributed by atoms with van der Waals surface area (Å²) in [7, 11) is 0. The number of nitrogens with one attached hydrogen (secondary N) is 2. The molecule has 5 heteroatoms. The van der Waals surface area contributed by atoms with Crippen molar-refractivity contribution in [3.63, 3.8) is 0 Å². The third-order valence-electron chi connectivity index (χ3n) is 2.39. The van der Waals surface area contributed by atoms with Crippen molar-refractivity contribution >= 4 is 59.2 Å². The van der Waals surface area contributed by atoms with Gasteiger partial charge in [0.1, 0.15) is 0 Å². The average Bonchev–Trinajstić information content (AvgIpc) is 2.30. The highest BCUT2D eigenvalue weighted by Gasteiger charge is 2.06. The maximum absolute atomic E-state index is 3.52. The van der Waals surface area contributed by atoms with Crippen molar-refractivity contribution < 1.29 is 0 Å². The van der Waals surface area contributed by atoms with Crippen LogP contribution in [0.1, 0.15) is 5.56 Å². The van der Waals surface area contributed by atoms with E-state index in [4.69, 9.17) is 0 Å². The standard InChI is InChI=1S/C13H11Br3N2/c1-8-2-4-10(5-3-8)17-18-13-11(15)6-9(14)7-12(13)16/h2-7,17-18H,1H3. The van der Waals surface area contributed by atoms with E-state index < -0.39 is 0 Å². The third kappa shape index (κ3) is 3.49. The minimum absolute atomic E-state index is 0.957. The predicted octanol–water partition coefficient (Wildman–Crippen LogP) is 5.72. The molecule has 0 fully saturated rings. The first kappa shape index (κ1) is 13.9. The Balaban J connectivity index is 2.13. The molecule has 0 amide bonds. The lowest BCUT2D eigenvalue weighted by Crippen LogP contribution is -2.09. The Kier molecular flexibility index (Phi) is 4.70. The van der Waals surface area contributed by atoms with Gasteiger partial charge >= 0.3 is 0 Å². The van der Waals surface area contributed by atoms with Crippen LogP contribution in [-0.4, -0.2) is 0 Å². The van der Waals surface area contributed by atoms with E-state index >= 15 is 0 Å². The fourth-order valence-corrected chi connectivity index (χ4v) is 3.89. The molecule has 0 atom stereocenters.